The van der Waals surface area contributed by atoms with Crippen LogP contribution in [-0.4, -0.2) is 19.7 Å². The Labute approximate surface area is 116 Å². The normalized spacial score (nSPS) is 16.6. The van der Waals surface area contributed by atoms with Crippen molar-refractivity contribution in [2.45, 2.75) is 25.2 Å². The molecule has 1 aliphatic rings. The van der Waals surface area contributed by atoms with Gasteiger partial charge in [-0.3, -0.25) is 10.1 Å². The average Bonchev–Trinajstić information content (AvgIpc) is 2.79. The number of nitro groups is 1. The summed E-state index contributed by atoms with van der Waals surface area (Å²) in [5, 5.41) is 19.1. The number of hydrogen-bond acceptors (Lipinski definition) is 4. The zero-order chi connectivity index (χ0) is 14.1. The molecular weight excluding hydrogens is 256 g/mol. The highest BCUT2D eigenvalue weighted by atomic mass is 16.6. The van der Waals surface area contributed by atoms with E-state index in [9.17, 15) is 10.1 Å². The van der Waals surface area contributed by atoms with Crippen molar-refractivity contribution in [3.63, 3.8) is 0 Å². The maximum absolute atomic E-state index is 11.0. The number of nitro benzene ring substituents is 1. The van der Waals surface area contributed by atoms with E-state index in [0.29, 0.717) is 5.92 Å². The van der Waals surface area contributed by atoms with Gasteiger partial charge in [-0.05, 0) is 24.3 Å². The Balaban J connectivity index is 2.03. The summed E-state index contributed by atoms with van der Waals surface area (Å²) in [5.41, 5.74) is 1.09. The molecule has 1 fully saturated rings. The molecule has 3 rings (SSSR count). The van der Waals surface area contributed by atoms with Gasteiger partial charge in [0.15, 0.2) is 0 Å². The number of benzene rings is 1. The molecule has 0 amide bonds. The third-order valence-electron chi connectivity index (χ3n) is 4.09. The first-order valence-corrected chi connectivity index (χ1v) is 6.75. The molecule has 1 saturated carbocycles. The molecule has 1 atom stereocenters. The molecule has 6 heteroatoms. The minimum Gasteiger partial charge on any atom is -0.320 e. The lowest BCUT2D eigenvalue weighted by Gasteiger charge is -2.33. The lowest BCUT2D eigenvalue weighted by Crippen LogP contribution is -2.24. The van der Waals surface area contributed by atoms with Gasteiger partial charge in [0.25, 0.3) is 5.69 Å². The quantitative estimate of drug-likeness (QED) is 0.633. The smallest absolute Gasteiger partial charge is 0.269 e. The first-order chi connectivity index (χ1) is 9.66. The molecule has 1 aromatic carbocycles. The summed E-state index contributed by atoms with van der Waals surface area (Å²) < 4.78 is 1.90. The summed E-state index contributed by atoms with van der Waals surface area (Å²) in [4.78, 5) is 10.6. The van der Waals surface area contributed by atoms with Crippen LogP contribution < -0.4 is 0 Å². The summed E-state index contributed by atoms with van der Waals surface area (Å²) >= 11 is 0. The molecule has 20 heavy (non-hydrogen) atoms. The summed E-state index contributed by atoms with van der Waals surface area (Å²) in [6, 6.07) is 6.88. The zero-order valence-electron chi connectivity index (χ0n) is 11.3. The molecular formula is C14H16N4O2. The van der Waals surface area contributed by atoms with Crippen molar-refractivity contribution in [2.75, 3.05) is 0 Å². The molecule has 2 aromatic rings. The van der Waals surface area contributed by atoms with Gasteiger partial charge < -0.3 is 4.57 Å². The third kappa shape index (κ3) is 2.17. The van der Waals surface area contributed by atoms with Crippen molar-refractivity contribution in [3.8, 4) is 0 Å². The second-order valence-corrected chi connectivity index (χ2v) is 5.32. The first-order valence-electron chi connectivity index (χ1n) is 6.75. The van der Waals surface area contributed by atoms with Crippen LogP contribution in [0.2, 0.25) is 0 Å². The maximum atomic E-state index is 11.0. The summed E-state index contributed by atoms with van der Waals surface area (Å²) in [6.07, 6.45) is 5.17. The van der Waals surface area contributed by atoms with Crippen LogP contribution in [0.25, 0.3) is 0 Å². The van der Waals surface area contributed by atoms with E-state index in [-0.39, 0.29) is 16.5 Å². The molecule has 1 aliphatic carbocycles. The molecule has 6 nitrogen and oxygen atoms in total. The highest BCUT2D eigenvalue weighted by Gasteiger charge is 2.33. The molecule has 0 bridgehead atoms. The van der Waals surface area contributed by atoms with E-state index in [0.717, 1.165) is 24.2 Å². The van der Waals surface area contributed by atoms with Gasteiger partial charge in [0.1, 0.15) is 12.2 Å². The Morgan fingerprint density at radius 1 is 1.45 bits per heavy atom. The highest BCUT2D eigenvalue weighted by molar-refractivity contribution is 5.38. The fourth-order valence-electron chi connectivity index (χ4n) is 2.81. The largest absolute Gasteiger partial charge is 0.320 e. The molecule has 1 heterocycles. The van der Waals surface area contributed by atoms with Crippen LogP contribution in [0.15, 0.2) is 30.6 Å². The maximum Gasteiger partial charge on any atom is 0.269 e. The number of non-ortho nitro benzene ring substituents is 1. The molecule has 1 unspecified atom stereocenters. The molecule has 0 N–H and O–H groups in total. The van der Waals surface area contributed by atoms with Gasteiger partial charge in [-0.25, -0.2) is 0 Å². The number of rotatable bonds is 4. The van der Waals surface area contributed by atoms with Gasteiger partial charge in [0.05, 0.1) is 4.92 Å². The zero-order valence-corrected chi connectivity index (χ0v) is 11.3. The van der Waals surface area contributed by atoms with Crippen LogP contribution in [0.4, 0.5) is 5.69 Å². The van der Waals surface area contributed by atoms with Crippen molar-refractivity contribution in [3.05, 3.63) is 52.1 Å². The predicted molar refractivity (Wildman–Crippen MR) is 73.3 cm³/mol. The van der Waals surface area contributed by atoms with Crippen LogP contribution in [0.5, 0.6) is 0 Å². The van der Waals surface area contributed by atoms with Crippen LogP contribution >= 0.6 is 0 Å². The molecule has 1 aromatic heterocycles. The second-order valence-electron chi connectivity index (χ2n) is 5.32. The molecule has 0 radical (unpaired) electrons. The highest BCUT2D eigenvalue weighted by Crippen LogP contribution is 2.42. The standard InChI is InChI=1S/C14H16N4O2/c1-17-9-15-16-14(17)13(10-4-2-5-10)11-6-3-7-12(8-11)18(19)20/h3,6-10,13H,2,4-5H2,1H3. The van der Waals surface area contributed by atoms with Crippen LogP contribution in [0.1, 0.15) is 36.6 Å². The van der Waals surface area contributed by atoms with E-state index in [1.807, 2.05) is 17.7 Å². The van der Waals surface area contributed by atoms with Crippen molar-refractivity contribution < 1.29 is 4.92 Å². The Morgan fingerprint density at radius 2 is 2.25 bits per heavy atom. The molecule has 0 spiro atoms. The minimum absolute atomic E-state index is 0.0937. The van der Waals surface area contributed by atoms with Gasteiger partial charge in [-0.1, -0.05) is 18.6 Å². The lowest BCUT2D eigenvalue weighted by atomic mass is 9.72. The monoisotopic (exact) mass is 272 g/mol. The van der Waals surface area contributed by atoms with E-state index in [1.165, 1.54) is 12.5 Å². The average molecular weight is 272 g/mol. The van der Waals surface area contributed by atoms with Crippen molar-refractivity contribution in [2.24, 2.45) is 13.0 Å². The van der Waals surface area contributed by atoms with E-state index in [2.05, 4.69) is 10.2 Å². The second kappa shape index (κ2) is 5.03. The SMILES string of the molecule is Cn1cnnc1C(c1cccc([N+](=O)[O-])c1)C1CCC1. The van der Waals surface area contributed by atoms with Crippen LogP contribution in [0, 0.1) is 16.0 Å². The van der Waals surface area contributed by atoms with Gasteiger partial charge in [-0.15, -0.1) is 10.2 Å². The van der Waals surface area contributed by atoms with E-state index < -0.39 is 0 Å². The van der Waals surface area contributed by atoms with Crippen molar-refractivity contribution in [1.29, 1.82) is 0 Å². The Kier molecular flexibility index (Phi) is 3.22. The fourth-order valence-corrected chi connectivity index (χ4v) is 2.81. The summed E-state index contributed by atoms with van der Waals surface area (Å²) in [7, 11) is 1.92. The molecule has 104 valence electrons. The molecule has 0 aliphatic heterocycles. The van der Waals surface area contributed by atoms with Crippen LogP contribution in [0.3, 0.4) is 0 Å². The number of nitrogens with zero attached hydrogens (tertiary/aromatic N) is 4. The van der Waals surface area contributed by atoms with E-state index >= 15 is 0 Å². The Bertz CT molecular complexity index is 634. The van der Waals surface area contributed by atoms with E-state index in [4.69, 9.17) is 0 Å². The fraction of sp³-hybridized carbons (Fsp3) is 0.429. The number of hydrogen-bond donors (Lipinski definition) is 0. The van der Waals surface area contributed by atoms with Gasteiger partial charge in [0, 0.05) is 25.1 Å². The third-order valence-corrected chi connectivity index (χ3v) is 4.09. The van der Waals surface area contributed by atoms with Gasteiger partial charge in [-0.2, -0.15) is 0 Å². The topological polar surface area (TPSA) is 73.8 Å². The van der Waals surface area contributed by atoms with Gasteiger partial charge >= 0.3 is 0 Å². The van der Waals surface area contributed by atoms with Gasteiger partial charge in [0.2, 0.25) is 0 Å². The Morgan fingerprint density at radius 3 is 2.80 bits per heavy atom. The molecule has 0 saturated heterocycles. The van der Waals surface area contributed by atoms with Crippen LogP contribution in [-0.2, 0) is 7.05 Å². The Hall–Kier alpha value is -2.24. The number of aryl methyl sites for hydroxylation is 1. The summed E-state index contributed by atoms with van der Waals surface area (Å²) in [5.74, 6) is 1.48. The summed E-state index contributed by atoms with van der Waals surface area (Å²) in [6.45, 7) is 0. The van der Waals surface area contributed by atoms with Crippen molar-refractivity contribution >= 4 is 5.69 Å². The number of aromatic nitrogens is 3. The lowest BCUT2D eigenvalue weighted by molar-refractivity contribution is -0.384. The van der Waals surface area contributed by atoms with E-state index in [1.54, 1.807) is 18.5 Å². The first kappa shape index (κ1) is 12.8. The van der Waals surface area contributed by atoms with Crippen molar-refractivity contribution in [1.82, 2.24) is 14.8 Å². The predicted octanol–water partition coefficient (Wildman–Crippen LogP) is 2.66. The minimum atomic E-state index is -0.349.